The molecular formula is C16H28N2O3. The van der Waals surface area contributed by atoms with Crippen LogP contribution in [-0.2, 0) is 14.3 Å². The zero-order chi connectivity index (χ0) is 15.7. The maximum Gasteiger partial charge on any atom is 0.249 e. The molecule has 0 radical (unpaired) electrons. The molecule has 0 unspecified atom stereocenters. The number of ether oxygens (including phenoxy) is 1. The Bertz CT molecular complexity index is 412. The van der Waals surface area contributed by atoms with Crippen LogP contribution in [0.5, 0.6) is 0 Å². The molecule has 5 nitrogen and oxygen atoms in total. The van der Waals surface area contributed by atoms with E-state index in [9.17, 15) is 9.59 Å². The maximum absolute atomic E-state index is 12.9. The number of carbonyl (C=O) groups excluding carboxylic acids is 2. The predicted octanol–water partition coefficient (Wildman–Crippen LogP) is 1.71. The van der Waals surface area contributed by atoms with Crippen LogP contribution >= 0.6 is 0 Å². The summed E-state index contributed by atoms with van der Waals surface area (Å²) in [4.78, 5) is 27.0. The number of nitrogens with one attached hydrogen (secondary N) is 1. The molecule has 0 aromatic carbocycles. The van der Waals surface area contributed by atoms with Crippen molar-refractivity contribution in [3.8, 4) is 0 Å². The van der Waals surface area contributed by atoms with Crippen molar-refractivity contribution in [3.05, 3.63) is 0 Å². The molecule has 1 heterocycles. The second-order valence-corrected chi connectivity index (χ2v) is 7.23. The number of amides is 2. The van der Waals surface area contributed by atoms with Gasteiger partial charge in [0.05, 0.1) is 6.61 Å². The Hall–Kier alpha value is -1.10. The van der Waals surface area contributed by atoms with Gasteiger partial charge < -0.3 is 15.0 Å². The summed E-state index contributed by atoms with van der Waals surface area (Å²) in [6.45, 7) is 9.45. The molecule has 0 aromatic rings. The number of nitrogens with zero attached hydrogens (tertiary/aromatic N) is 1. The number of hydrogen-bond acceptors (Lipinski definition) is 3. The van der Waals surface area contributed by atoms with Crippen LogP contribution in [0.25, 0.3) is 0 Å². The van der Waals surface area contributed by atoms with Gasteiger partial charge >= 0.3 is 0 Å². The van der Waals surface area contributed by atoms with E-state index < -0.39 is 11.1 Å². The fraction of sp³-hybridized carbons (Fsp3) is 0.875. The van der Waals surface area contributed by atoms with Gasteiger partial charge in [0.25, 0.3) is 0 Å². The molecular weight excluding hydrogens is 268 g/mol. The summed E-state index contributed by atoms with van der Waals surface area (Å²) in [7, 11) is 0. The molecule has 1 aliphatic carbocycles. The van der Waals surface area contributed by atoms with E-state index in [4.69, 9.17) is 4.74 Å². The zero-order valence-electron chi connectivity index (χ0n) is 13.7. The average Bonchev–Trinajstić information content (AvgIpc) is 2.85. The van der Waals surface area contributed by atoms with Crippen LogP contribution in [0.3, 0.4) is 0 Å². The molecule has 0 atom stereocenters. The summed E-state index contributed by atoms with van der Waals surface area (Å²) in [5.74, 6) is 0.491. The van der Waals surface area contributed by atoms with Gasteiger partial charge in [-0.25, -0.2) is 0 Å². The highest BCUT2D eigenvalue weighted by Crippen LogP contribution is 2.37. The average molecular weight is 296 g/mol. The summed E-state index contributed by atoms with van der Waals surface area (Å²) in [5, 5.41) is 3.00. The SMILES string of the molecule is CC(C)COCCN1C(=O)C2(CCCC2)NC(=O)C1(C)C. The van der Waals surface area contributed by atoms with Crippen LogP contribution in [-0.4, -0.2) is 47.6 Å². The van der Waals surface area contributed by atoms with Gasteiger partial charge in [-0.05, 0) is 32.6 Å². The number of hydrogen-bond donors (Lipinski definition) is 1. The van der Waals surface area contributed by atoms with Crippen molar-refractivity contribution in [3.63, 3.8) is 0 Å². The van der Waals surface area contributed by atoms with Crippen LogP contribution in [0.1, 0.15) is 53.4 Å². The van der Waals surface area contributed by atoms with E-state index in [-0.39, 0.29) is 11.8 Å². The molecule has 1 N–H and O–H groups in total. The molecule has 2 amide bonds. The molecule has 1 saturated carbocycles. The number of rotatable bonds is 5. The molecule has 1 saturated heterocycles. The van der Waals surface area contributed by atoms with Crippen molar-refractivity contribution in [2.24, 2.45) is 5.92 Å². The van der Waals surface area contributed by atoms with Crippen molar-refractivity contribution in [2.45, 2.75) is 64.5 Å². The highest BCUT2D eigenvalue weighted by atomic mass is 16.5. The highest BCUT2D eigenvalue weighted by molar-refractivity contribution is 6.02. The molecule has 0 aromatic heterocycles. The van der Waals surface area contributed by atoms with Crippen LogP contribution < -0.4 is 5.32 Å². The van der Waals surface area contributed by atoms with Gasteiger partial charge in [-0.2, -0.15) is 0 Å². The first kappa shape index (κ1) is 16.3. The van der Waals surface area contributed by atoms with E-state index in [1.165, 1.54) is 0 Å². The van der Waals surface area contributed by atoms with E-state index in [1.54, 1.807) is 4.90 Å². The fourth-order valence-corrected chi connectivity index (χ4v) is 3.23. The standard InChI is InChI=1S/C16H28N2O3/c1-12(2)11-21-10-9-18-14(20)16(7-5-6-8-16)17-13(19)15(18,3)4/h12H,5-11H2,1-4H3,(H,17,19). The van der Waals surface area contributed by atoms with Gasteiger partial charge in [0.2, 0.25) is 11.8 Å². The molecule has 2 aliphatic rings. The number of piperazine rings is 1. The van der Waals surface area contributed by atoms with E-state index in [2.05, 4.69) is 19.2 Å². The van der Waals surface area contributed by atoms with Gasteiger partial charge in [0.15, 0.2) is 0 Å². The van der Waals surface area contributed by atoms with Gasteiger partial charge in [0.1, 0.15) is 11.1 Å². The Kier molecular flexibility index (Phi) is 4.61. The minimum Gasteiger partial charge on any atom is -0.379 e. The first-order chi connectivity index (χ1) is 9.79. The molecule has 1 aliphatic heterocycles. The Morgan fingerprint density at radius 2 is 1.86 bits per heavy atom. The van der Waals surface area contributed by atoms with Crippen molar-refractivity contribution < 1.29 is 14.3 Å². The lowest BCUT2D eigenvalue weighted by Gasteiger charge is -2.48. The second kappa shape index (κ2) is 5.95. The van der Waals surface area contributed by atoms with Gasteiger partial charge in [0, 0.05) is 13.2 Å². The fourth-order valence-electron chi connectivity index (χ4n) is 3.23. The van der Waals surface area contributed by atoms with Crippen LogP contribution in [0.15, 0.2) is 0 Å². The summed E-state index contributed by atoms with van der Waals surface area (Å²) < 4.78 is 5.60. The summed E-state index contributed by atoms with van der Waals surface area (Å²) >= 11 is 0. The Morgan fingerprint density at radius 1 is 1.24 bits per heavy atom. The lowest BCUT2D eigenvalue weighted by Crippen LogP contribution is -2.73. The molecule has 21 heavy (non-hydrogen) atoms. The van der Waals surface area contributed by atoms with Crippen molar-refractivity contribution in [2.75, 3.05) is 19.8 Å². The van der Waals surface area contributed by atoms with Crippen LogP contribution in [0.4, 0.5) is 0 Å². The summed E-state index contributed by atoms with van der Waals surface area (Å²) in [5.41, 5.74) is -1.45. The smallest absolute Gasteiger partial charge is 0.249 e. The van der Waals surface area contributed by atoms with Gasteiger partial charge in [-0.15, -0.1) is 0 Å². The van der Waals surface area contributed by atoms with Crippen molar-refractivity contribution in [1.82, 2.24) is 10.2 Å². The molecule has 0 bridgehead atoms. The molecule has 2 rings (SSSR count). The molecule has 120 valence electrons. The third-order valence-corrected chi connectivity index (χ3v) is 4.61. The van der Waals surface area contributed by atoms with Crippen LogP contribution in [0.2, 0.25) is 0 Å². The lowest BCUT2D eigenvalue weighted by atomic mass is 9.86. The normalized spacial score (nSPS) is 24.0. The Labute approximate surface area is 127 Å². The summed E-state index contributed by atoms with van der Waals surface area (Å²) in [6, 6.07) is 0. The van der Waals surface area contributed by atoms with E-state index in [1.807, 2.05) is 13.8 Å². The Balaban J connectivity index is 2.07. The van der Waals surface area contributed by atoms with E-state index in [0.29, 0.717) is 25.7 Å². The first-order valence-electron chi connectivity index (χ1n) is 8.02. The predicted molar refractivity (Wildman–Crippen MR) is 80.8 cm³/mol. The molecule has 2 fully saturated rings. The third-order valence-electron chi connectivity index (χ3n) is 4.61. The molecule has 5 heteroatoms. The maximum atomic E-state index is 12.9. The minimum absolute atomic E-state index is 0.0483. The largest absolute Gasteiger partial charge is 0.379 e. The van der Waals surface area contributed by atoms with Crippen molar-refractivity contribution in [1.29, 1.82) is 0 Å². The van der Waals surface area contributed by atoms with Gasteiger partial charge in [-0.3, -0.25) is 9.59 Å². The van der Waals surface area contributed by atoms with Gasteiger partial charge in [-0.1, -0.05) is 26.7 Å². The second-order valence-electron chi connectivity index (χ2n) is 7.23. The van der Waals surface area contributed by atoms with E-state index in [0.717, 1.165) is 25.7 Å². The summed E-state index contributed by atoms with van der Waals surface area (Å²) in [6.07, 6.45) is 3.53. The molecule has 1 spiro atoms. The topological polar surface area (TPSA) is 58.6 Å². The third kappa shape index (κ3) is 3.07. The quantitative estimate of drug-likeness (QED) is 0.786. The van der Waals surface area contributed by atoms with Crippen molar-refractivity contribution >= 4 is 11.8 Å². The zero-order valence-corrected chi connectivity index (χ0v) is 13.7. The highest BCUT2D eigenvalue weighted by Gasteiger charge is 2.55. The number of carbonyl (C=O) groups is 2. The Morgan fingerprint density at radius 3 is 2.43 bits per heavy atom. The minimum atomic E-state index is -0.799. The van der Waals surface area contributed by atoms with Crippen LogP contribution in [0, 0.1) is 5.92 Å². The van der Waals surface area contributed by atoms with E-state index >= 15 is 0 Å². The monoisotopic (exact) mass is 296 g/mol. The lowest BCUT2D eigenvalue weighted by molar-refractivity contribution is -0.161. The first-order valence-corrected chi connectivity index (χ1v) is 8.02.